The van der Waals surface area contributed by atoms with Crippen LogP contribution in [0, 0.1) is 0 Å². The highest BCUT2D eigenvalue weighted by Crippen LogP contribution is 2.32. The molecule has 122 valence electrons. The highest BCUT2D eigenvalue weighted by atomic mass is 35.5. The first-order chi connectivity index (χ1) is 11.6. The van der Waals surface area contributed by atoms with E-state index in [-0.39, 0.29) is 19.1 Å². The minimum Gasteiger partial charge on any atom is -0.454 e. The van der Waals surface area contributed by atoms with Gasteiger partial charge in [0.2, 0.25) is 6.79 Å². The van der Waals surface area contributed by atoms with E-state index in [1.807, 2.05) is 48.0 Å². The van der Waals surface area contributed by atoms with Crippen molar-refractivity contribution in [1.82, 2.24) is 4.57 Å². The minimum absolute atomic E-state index is 0.207. The molecule has 3 aromatic rings. The van der Waals surface area contributed by atoms with Gasteiger partial charge in [-0.25, -0.2) is 0 Å². The average molecular weight is 361 g/mol. The molecule has 1 aromatic heterocycles. The Morgan fingerprint density at radius 2 is 2.12 bits per heavy atom. The number of amides is 1. The number of carbonyl (C=O) groups is 1. The minimum atomic E-state index is -0.216. The van der Waals surface area contributed by atoms with E-state index in [1.54, 1.807) is 0 Å². The van der Waals surface area contributed by atoms with Gasteiger partial charge in [-0.2, -0.15) is 4.99 Å². The van der Waals surface area contributed by atoms with Gasteiger partial charge in [0.05, 0.1) is 21.7 Å². The van der Waals surface area contributed by atoms with Crippen molar-refractivity contribution in [3.05, 3.63) is 51.8 Å². The van der Waals surface area contributed by atoms with Gasteiger partial charge < -0.3 is 14.0 Å². The van der Waals surface area contributed by atoms with Gasteiger partial charge in [-0.1, -0.05) is 35.1 Å². The van der Waals surface area contributed by atoms with Crippen LogP contribution in [0.5, 0.6) is 11.5 Å². The highest BCUT2D eigenvalue weighted by Gasteiger charge is 2.14. The first-order valence-corrected chi connectivity index (χ1v) is 8.51. The molecule has 0 saturated heterocycles. The van der Waals surface area contributed by atoms with Gasteiger partial charge in [-0.3, -0.25) is 4.79 Å². The second kappa shape index (κ2) is 5.96. The number of rotatable bonds is 2. The number of aryl methyl sites for hydroxylation is 1. The van der Waals surface area contributed by atoms with Crippen LogP contribution >= 0.6 is 22.9 Å². The molecule has 1 aliphatic heterocycles. The van der Waals surface area contributed by atoms with Crippen LogP contribution in [0.25, 0.3) is 10.2 Å². The van der Waals surface area contributed by atoms with Crippen molar-refractivity contribution in [2.75, 3.05) is 6.79 Å². The number of hydrogen-bond donors (Lipinski definition) is 0. The molecular weight excluding hydrogens is 348 g/mol. The fourth-order valence-electron chi connectivity index (χ4n) is 2.64. The lowest BCUT2D eigenvalue weighted by molar-refractivity contribution is -0.117. The molecule has 2 aromatic carbocycles. The molecule has 1 amide bonds. The van der Waals surface area contributed by atoms with Crippen LogP contribution in [0.1, 0.15) is 5.56 Å². The van der Waals surface area contributed by atoms with Crippen LogP contribution in [0.3, 0.4) is 0 Å². The summed E-state index contributed by atoms with van der Waals surface area (Å²) in [6.07, 6.45) is 0.207. The molecule has 0 atom stereocenters. The molecule has 0 radical (unpaired) electrons. The molecule has 0 N–H and O–H groups in total. The third kappa shape index (κ3) is 2.68. The Balaban J connectivity index is 1.65. The van der Waals surface area contributed by atoms with Crippen molar-refractivity contribution in [1.29, 1.82) is 0 Å². The van der Waals surface area contributed by atoms with Gasteiger partial charge in [0.15, 0.2) is 16.3 Å². The summed E-state index contributed by atoms with van der Waals surface area (Å²) in [5.41, 5.74) is 1.73. The summed E-state index contributed by atoms with van der Waals surface area (Å²) in [6, 6.07) is 11.2. The van der Waals surface area contributed by atoms with Crippen molar-refractivity contribution in [2.24, 2.45) is 12.0 Å². The quantitative estimate of drug-likeness (QED) is 0.704. The normalized spacial score (nSPS) is 13.7. The lowest BCUT2D eigenvalue weighted by Gasteiger charge is -2.00. The van der Waals surface area contributed by atoms with E-state index in [0.29, 0.717) is 21.3 Å². The van der Waals surface area contributed by atoms with E-state index >= 15 is 0 Å². The smallest absolute Gasteiger partial charge is 0.252 e. The zero-order valence-electron chi connectivity index (χ0n) is 12.8. The second-order valence-corrected chi connectivity index (χ2v) is 6.82. The third-order valence-corrected chi connectivity index (χ3v) is 5.19. The number of ether oxygens (including phenoxy) is 2. The Kier molecular flexibility index (Phi) is 3.78. The summed E-state index contributed by atoms with van der Waals surface area (Å²) in [7, 11) is 1.86. The topological polar surface area (TPSA) is 52.8 Å². The number of nitrogens with zero attached hydrogens (tertiary/aromatic N) is 2. The standard InChI is InChI=1S/C17H13ClN2O3S/c1-20-16-11(18)3-2-4-14(16)24-17(20)19-15(21)8-10-5-6-12-13(7-10)23-9-22-12/h2-7H,8-9H2,1H3. The molecule has 0 unspecified atom stereocenters. The zero-order valence-corrected chi connectivity index (χ0v) is 14.4. The fourth-order valence-corrected chi connectivity index (χ4v) is 4.06. The third-order valence-electron chi connectivity index (χ3n) is 3.79. The van der Waals surface area contributed by atoms with E-state index in [4.69, 9.17) is 21.1 Å². The van der Waals surface area contributed by atoms with Crippen LogP contribution in [-0.2, 0) is 18.3 Å². The predicted octanol–water partition coefficient (Wildman–Crippen LogP) is 3.29. The van der Waals surface area contributed by atoms with E-state index in [2.05, 4.69) is 4.99 Å². The van der Waals surface area contributed by atoms with Crippen molar-refractivity contribution >= 4 is 39.1 Å². The molecule has 4 rings (SSSR count). The summed E-state index contributed by atoms with van der Waals surface area (Å²) in [5.74, 6) is 1.15. The maximum Gasteiger partial charge on any atom is 0.252 e. The Labute approximate surface area is 146 Å². The molecule has 0 fully saturated rings. The van der Waals surface area contributed by atoms with Crippen molar-refractivity contribution in [3.63, 3.8) is 0 Å². The highest BCUT2D eigenvalue weighted by molar-refractivity contribution is 7.16. The maximum absolute atomic E-state index is 12.3. The average Bonchev–Trinajstić information content (AvgIpc) is 3.13. The second-order valence-electron chi connectivity index (χ2n) is 5.40. The molecule has 24 heavy (non-hydrogen) atoms. The van der Waals surface area contributed by atoms with E-state index in [9.17, 15) is 4.79 Å². The summed E-state index contributed by atoms with van der Waals surface area (Å²) in [5, 5.41) is 0.649. The molecule has 2 heterocycles. The number of hydrogen-bond acceptors (Lipinski definition) is 4. The number of carbonyl (C=O) groups excluding carboxylic acids is 1. The van der Waals surface area contributed by atoms with E-state index < -0.39 is 0 Å². The number of benzene rings is 2. The molecule has 5 nitrogen and oxygen atoms in total. The molecule has 7 heteroatoms. The summed E-state index contributed by atoms with van der Waals surface area (Å²) >= 11 is 7.67. The molecular formula is C17H13ClN2O3S. The van der Waals surface area contributed by atoms with Crippen LogP contribution in [0.15, 0.2) is 41.4 Å². The Bertz CT molecular complexity index is 1020. The first kappa shape index (κ1) is 15.2. The molecule has 0 aliphatic carbocycles. The van der Waals surface area contributed by atoms with Gasteiger partial charge in [-0.05, 0) is 29.8 Å². The Morgan fingerprint density at radius 3 is 2.96 bits per heavy atom. The SMILES string of the molecule is Cn1c(=NC(=O)Cc2ccc3c(c2)OCO3)sc2cccc(Cl)c21. The van der Waals surface area contributed by atoms with Gasteiger partial charge in [0, 0.05) is 7.05 Å². The Hall–Kier alpha value is -2.31. The van der Waals surface area contributed by atoms with Crippen LogP contribution < -0.4 is 14.3 Å². The monoisotopic (exact) mass is 360 g/mol. The molecule has 0 bridgehead atoms. The van der Waals surface area contributed by atoms with Crippen LogP contribution in [-0.4, -0.2) is 17.3 Å². The van der Waals surface area contributed by atoms with Crippen molar-refractivity contribution in [2.45, 2.75) is 6.42 Å². The number of para-hydroxylation sites is 1. The zero-order chi connectivity index (χ0) is 16.7. The first-order valence-electron chi connectivity index (χ1n) is 7.32. The van der Waals surface area contributed by atoms with Crippen molar-refractivity contribution in [3.8, 4) is 11.5 Å². The van der Waals surface area contributed by atoms with Crippen LogP contribution in [0.4, 0.5) is 0 Å². The largest absolute Gasteiger partial charge is 0.454 e. The lowest BCUT2D eigenvalue weighted by Crippen LogP contribution is -2.14. The van der Waals surface area contributed by atoms with Gasteiger partial charge >= 0.3 is 0 Å². The number of thiazole rings is 1. The molecule has 0 spiro atoms. The van der Waals surface area contributed by atoms with E-state index in [1.165, 1.54) is 11.3 Å². The summed E-state index contributed by atoms with van der Waals surface area (Å²) in [4.78, 5) is 17.2. The molecule has 1 aliphatic rings. The van der Waals surface area contributed by atoms with Crippen molar-refractivity contribution < 1.29 is 14.3 Å². The lowest BCUT2D eigenvalue weighted by atomic mass is 10.1. The number of fused-ring (bicyclic) bond motifs is 2. The number of aromatic nitrogens is 1. The predicted molar refractivity (Wildman–Crippen MR) is 92.6 cm³/mol. The van der Waals surface area contributed by atoms with E-state index in [0.717, 1.165) is 15.8 Å². The fraction of sp³-hybridized carbons (Fsp3) is 0.176. The van der Waals surface area contributed by atoms with Gasteiger partial charge in [0.25, 0.3) is 5.91 Å². The summed E-state index contributed by atoms with van der Waals surface area (Å²) in [6.45, 7) is 0.218. The van der Waals surface area contributed by atoms with Gasteiger partial charge in [0.1, 0.15) is 0 Å². The number of halogens is 1. The Morgan fingerprint density at radius 1 is 1.29 bits per heavy atom. The van der Waals surface area contributed by atoms with Crippen LogP contribution in [0.2, 0.25) is 5.02 Å². The maximum atomic E-state index is 12.3. The molecule has 0 saturated carbocycles. The van der Waals surface area contributed by atoms with Gasteiger partial charge in [-0.15, -0.1) is 0 Å². The summed E-state index contributed by atoms with van der Waals surface area (Å²) < 4.78 is 13.4.